The van der Waals surface area contributed by atoms with Gasteiger partial charge in [0.25, 0.3) is 0 Å². The van der Waals surface area contributed by atoms with Gasteiger partial charge in [0.1, 0.15) is 0 Å². The van der Waals surface area contributed by atoms with Crippen LogP contribution in [0.5, 0.6) is 0 Å². The van der Waals surface area contributed by atoms with Crippen LogP contribution >= 0.6 is 23.4 Å². The first-order valence-corrected chi connectivity index (χ1v) is 14.1. The summed E-state index contributed by atoms with van der Waals surface area (Å²) in [7, 11) is 0. The molecule has 3 aliphatic heterocycles. The van der Waals surface area contributed by atoms with E-state index in [1.54, 1.807) is 35.8 Å². The van der Waals surface area contributed by atoms with Crippen molar-refractivity contribution < 1.29 is 19.1 Å². The minimum absolute atomic E-state index is 0.0180. The van der Waals surface area contributed by atoms with Crippen LogP contribution in [0.2, 0.25) is 5.02 Å². The van der Waals surface area contributed by atoms with E-state index in [1.807, 2.05) is 52.8 Å². The zero-order valence-corrected chi connectivity index (χ0v) is 23.4. The molecule has 0 radical (unpaired) electrons. The second kappa shape index (κ2) is 11.7. The number of nitrogens with zero attached hydrogens (tertiary/aromatic N) is 4. The number of rotatable bonds is 6. The fourth-order valence-electron chi connectivity index (χ4n) is 4.99. The van der Waals surface area contributed by atoms with Crippen LogP contribution in [0, 0.1) is 0 Å². The molecule has 10 heteroatoms. The van der Waals surface area contributed by atoms with Crippen LogP contribution in [0.25, 0.3) is 5.70 Å². The number of esters is 1. The van der Waals surface area contributed by atoms with Gasteiger partial charge < -0.3 is 19.4 Å². The third-order valence-electron chi connectivity index (χ3n) is 6.95. The van der Waals surface area contributed by atoms with Crippen LogP contribution in [-0.2, 0) is 19.1 Å². The molecule has 0 saturated carbocycles. The van der Waals surface area contributed by atoms with Gasteiger partial charge in [-0.1, -0.05) is 65.8 Å². The Morgan fingerprint density at radius 2 is 1.67 bits per heavy atom. The Morgan fingerprint density at radius 3 is 2.31 bits per heavy atom. The standard InChI is InChI=1S/C29H29ClN4O4S/c1-3-38-28(37)25-26(20-7-5-4-6-8-20)31-29-34(27(25)21-9-11-22(30)12-10-21)23(18-39-29)17-24(36)33-15-13-32(14-16-33)19(2)35/h4-12,18,27H,3,13-17H2,1-2H3. The first-order chi connectivity index (χ1) is 18.9. The SMILES string of the molecule is CCOC(=O)C1=C(c2ccccc2)N=C2SC=C(CC(=O)N3CCN(C(C)=O)CC3)N2C1c1ccc(Cl)cc1. The summed E-state index contributed by atoms with van der Waals surface area (Å²) in [5.41, 5.74) is 3.35. The average molecular weight is 565 g/mol. The summed E-state index contributed by atoms with van der Waals surface area (Å²) in [6.45, 7) is 5.57. The van der Waals surface area contributed by atoms with Crippen molar-refractivity contribution in [2.75, 3.05) is 32.8 Å². The summed E-state index contributed by atoms with van der Waals surface area (Å²) in [5.74, 6) is -0.469. The average Bonchev–Trinajstić information content (AvgIpc) is 3.35. The van der Waals surface area contributed by atoms with Gasteiger partial charge in [-0.3, -0.25) is 9.59 Å². The zero-order chi connectivity index (χ0) is 27.5. The van der Waals surface area contributed by atoms with E-state index in [2.05, 4.69) is 0 Å². The number of fused-ring (bicyclic) bond motifs is 1. The molecular weight excluding hydrogens is 536 g/mol. The maximum absolute atomic E-state index is 13.5. The molecule has 2 aromatic carbocycles. The number of thioether (sulfide) groups is 1. The molecule has 2 aromatic rings. The van der Waals surface area contributed by atoms with Gasteiger partial charge in [0.2, 0.25) is 11.8 Å². The number of hydrogen-bond donors (Lipinski definition) is 0. The summed E-state index contributed by atoms with van der Waals surface area (Å²) >= 11 is 7.65. The van der Waals surface area contributed by atoms with Gasteiger partial charge in [-0.2, -0.15) is 0 Å². The normalized spacial score (nSPS) is 18.9. The zero-order valence-electron chi connectivity index (χ0n) is 21.8. The van der Waals surface area contributed by atoms with Gasteiger partial charge >= 0.3 is 5.97 Å². The van der Waals surface area contributed by atoms with Gasteiger partial charge in [-0.05, 0) is 30.0 Å². The topological polar surface area (TPSA) is 82.5 Å². The van der Waals surface area contributed by atoms with E-state index in [4.69, 9.17) is 21.3 Å². The van der Waals surface area contributed by atoms with Crippen LogP contribution in [-0.4, -0.2) is 70.4 Å². The molecule has 202 valence electrons. The Labute approximate surface area is 236 Å². The predicted octanol–water partition coefficient (Wildman–Crippen LogP) is 4.70. The van der Waals surface area contributed by atoms with Crippen molar-refractivity contribution in [3.8, 4) is 0 Å². The van der Waals surface area contributed by atoms with E-state index in [0.29, 0.717) is 47.6 Å². The lowest BCUT2D eigenvalue weighted by Gasteiger charge is -2.38. The summed E-state index contributed by atoms with van der Waals surface area (Å²) in [6, 6.07) is 16.4. The minimum Gasteiger partial charge on any atom is -0.463 e. The molecule has 3 aliphatic rings. The van der Waals surface area contributed by atoms with Gasteiger partial charge in [-0.25, -0.2) is 9.79 Å². The highest BCUT2D eigenvalue weighted by Gasteiger charge is 2.42. The molecular formula is C29H29ClN4O4S. The number of hydrogen-bond acceptors (Lipinski definition) is 7. The van der Waals surface area contributed by atoms with Crippen LogP contribution in [0.1, 0.15) is 37.4 Å². The minimum atomic E-state index is -0.562. The fourth-order valence-corrected chi connectivity index (χ4v) is 6.03. The van der Waals surface area contributed by atoms with E-state index >= 15 is 0 Å². The Kier molecular flexibility index (Phi) is 8.09. The number of carbonyl (C=O) groups excluding carboxylic acids is 3. The third-order valence-corrected chi connectivity index (χ3v) is 8.09. The monoisotopic (exact) mass is 564 g/mol. The van der Waals surface area contributed by atoms with Crippen molar-refractivity contribution in [1.82, 2.24) is 14.7 Å². The first kappa shape index (κ1) is 27.0. The summed E-state index contributed by atoms with van der Waals surface area (Å²) in [4.78, 5) is 49.1. The second-order valence-corrected chi connectivity index (χ2v) is 10.6. The molecule has 1 saturated heterocycles. The molecule has 0 aromatic heterocycles. The van der Waals surface area contributed by atoms with Crippen molar-refractivity contribution in [2.45, 2.75) is 26.3 Å². The highest BCUT2D eigenvalue weighted by Crippen LogP contribution is 2.47. The lowest BCUT2D eigenvalue weighted by Crippen LogP contribution is -2.50. The number of carbonyl (C=O) groups is 3. The van der Waals surface area contributed by atoms with Crippen molar-refractivity contribution >= 4 is 52.0 Å². The molecule has 1 atom stereocenters. The molecule has 39 heavy (non-hydrogen) atoms. The van der Waals surface area contributed by atoms with Gasteiger partial charge in [-0.15, -0.1) is 0 Å². The lowest BCUT2D eigenvalue weighted by molar-refractivity contribution is -0.139. The van der Waals surface area contributed by atoms with E-state index in [1.165, 1.54) is 11.8 Å². The maximum Gasteiger partial charge on any atom is 0.338 e. The van der Waals surface area contributed by atoms with Crippen molar-refractivity contribution in [3.05, 3.63) is 87.4 Å². The van der Waals surface area contributed by atoms with Gasteiger partial charge in [0.15, 0.2) is 5.17 Å². The number of benzene rings is 2. The van der Waals surface area contributed by atoms with Crippen LogP contribution in [0.3, 0.4) is 0 Å². The maximum atomic E-state index is 13.5. The van der Waals surface area contributed by atoms with Crippen molar-refractivity contribution in [2.24, 2.45) is 4.99 Å². The molecule has 8 nitrogen and oxygen atoms in total. The highest BCUT2D eigenvalue weighted by atomic mass is 35.5. The summed E-state index contributed by atoms with van der Waals surface area (Å²) < 4.78 is 5.55. The van der Waals surface area contributed by atoms with E-state index in [-0.39, 0.29) is 24.8 Å². The molecule has 1 fully saturated rings. The van der Waals surface area contributed by atoms with Gasteiger partial charge in [0.05, 0.1) is 30.3 Å². The van der Waals surface area contributed by atoms with Crippen molar-refractivity contribution in [3.63, 3.8) is 0 Å². The van der Waals surface area contributed by atoms with E-state index < -0.39 is 12.0 Å². The quantitative estimate of drug-likeness (QED) is 0.473. The molecule has 0 bridgehead atoms. The number of halogens is 1. The Morgan fingerprint density at radius 1 is 1.00 bits per heavy atom. The van der Waals surface area contributed by atoms with Crippen LogP contribution in [0.15, 0.2) is 76.3 Å². The van der Waals surface area contributed by atoms with Crippen LogP contribution in [0.4, 0.5) is 0 Å². The molecule has 0 aliphatic carbocycles. The number of amidine groups is 1. The number of aliphatic imine (C=N–C) groups is 1. The molecule has 5 rings (SSSR count). The van der Waals surface area contributed by atoms with E-state index in [9.17, 15) is 14.4 Å². The largest absolute Gasteiger partial charge is 0.463 e. The Bertz CT molecular complexity index is 1370. The van der Waals surface area contributed by atoms with Crippen LogP contribution < -0.4 is 0 Å². The molecule has 3 heterocycles. The van der Waals surface area contributed by atoms with Crippen molar-refractivity contribution in [1.29, 1.82) is 0 Å². The molecule has 2 amide bonds. The fraction of sp³-hybridized carbons (Fsp3) is 0.310. The van der Waals surface area contributed by atoms with Gasteiger partial charge in [0, 0.05) is 49.4 Å². The number of amides is 2. The van der Waals surface area contributed by atoms with E-state index in [0.717, 1.165) is 16.8 Å². The molecule has 1 unspecified atom stereocenters. The first-order valence-electron chi connectivity index (χ1n) is 12.9. The number of piperazine rings is 1. The summed E-state index contributed by atoms with van der Waals surface area (Å²) in [5, 5.41) is 3.20. The summed E-state index contributed by atoms with van der Waals surface area (Å²) in [6.07, 6.45) is 0.146. The molecule has 0 spiro atoms. The highest BCUT2D eigenvalue weighted by molar-refractivity contribution is 8.16. The smallest absolute Gasteiger partial charge is 0.338 e. The Balaban J connectivity index is 1.52. The predicted molar refractivity (Wildman–Crippen MR) is 153 cm³/mol. The number of ether oxygens (including phenoxy) is 1. The lowest BCUT2D eigenvalue weighted by atomic mass is 9.91. The Hall–Kier alpha value is -3.56. The third kappa shape index (κ3) is 5.60. The molecule has 0 N–H and O–H groups in total. The second-order valence-electron chi connectivity index (χ2n) is 9.36.